The summed E-state index contributed by atoms with van der Waals surface area (Å²) in [7, 11) is -1.80. The van der Waals surface area contributed by atoms with Gasteiger partial charge in [0.25, 0.3) is 8.32 Å². The fraction of sp³-hybridized carbons (Fsp3) is 0.923. The fourth-order valence-corrected chi connectivity index (χ4v) is 2.02. The van der Waals surface area contributed by atoms with E-state index in [-0.39, 0.29) is 0 Å². The summed E-state index contributed by atoms with van der Waals surface area (Å²) in [5.41, 5.74) is 0. The lowest BCUT2D eigenvalue weighted by atomic mass is 10.1. The minimum atomic E-state index is -1.80. The molecule has 0 bridgehead atoms. The lowest BCUT2D eigenvalue weighted by Gasteiger charge is -2.19. The number of ether oxygens (including phenoxy) is 1. The zero-order valence-electron chi connectivity index (χ0n) is 11.9. The van der Waals surface area contributed by atoms with Crippen LogP contribution in [0.1, 0.15) is 52.4 Å². The van der Waals surface area contributed by atoms with Crippen LogP contribution in [-0.4, -0.2) is 21.1 Å². The monoisotopic (exact) mass is 260 g/mol. The van der Waals surface area contributed by atoms with Gasteiger partial charge in [0.2, 0.25) is 0 Å². The maximum absolute atomic E-state index is 11.3. The van der Waals surface area contributed by atoms with Crippen molar-refractivity contribution in [1.82, 2.24) is 0 Å². The lowest BCUT2D eigenvalue weighted by molar-refractivity contribution is 0.0948. The van der Waals surface area contributed by atoms with E-state index in [1.807, 2.05) is 20.0 Å². The molecule has 0 aliphatic heterocycles. The largest absolute Gasteiger partial charge is 0.494 e. The van der Waals surface area contributed by atoms with Crippen LogP contribution < -0.4 is 0 Å². The molecule has 0 heterocycles. The van der Waals surface area contributed by atoms with Crippen LogP contribution in [0.5, 0.6) is 0 Å². The van der Waals surface area contributed by atoms with Gasteiger partial charge in [-0.2, -0.15) is 0 Å². The molecule has 4 heteroatoms. The Kier molecular flexibility index (Phi) is 9.22. The molecule has 0 aromatic carbocycles. The van der Waals surface area contributed by atoms with E-state index in [0.29, 0.717) is 6.61 Å². The number of carbonyl (C=O) groups excluding carboxylic acids is 1. The van der Waals surface area contributed by atoms with E-state index in [1.165, 1.54) is 25.7 Å². The topological polar surface area (TPSA) is 35.5 Å². The maximum Gasteiger partial charge on any atom is 0.494 e. The number of hydrogen-bond acceptors (Lipinski definition) is 3. The van der Waals surface area contributed by atoms with Crippen molar-refractivity contribution in [2.45, 2.75) is 71.5 Å². The Hall–Kier alpha value is -0.513. The second-order valence-corrected chi connectivity index (χ2v) is 9.51. The Morgan fingerprint density at radius 1 is 1.00 bits per heavy atom. The summed E-state index contributed by atoms with van der Waals surface area (Å²) in [6.45, 7) is 8.81. The van der Waals surface area contributed by atoms with Crippen molar-refractivity contribution in [2.75, 3.05) is 6.61 Å². The van der Waals surface area contributed by atoms with Gasteiger partial charge < -0.3 is 9.16 Å². The molecule has 0 aromatic heterocycles. The number of carbonyl (C=O) groups is 1. The smallest absolute Gasteiger partial charge is 0.489 e. The Balaban J connectivity index is 3.40. The first-order valence-electron chi connectivity index (χ1n) is 6.87. The van der Waals surface area contributed by atoms with E-state index in [9.17, 15) is 4.79 Å². The predicted molar refractivity (Wildman–Crippen MR) is 73.8 cm³/mol. The molecular formula is C13H28O3Si. The van der Waals surface area contributed by atoms with Crippen molar-refractivity contribution in [2.24, 2.45) is 0 Å². The van der Waals surface area contributed by atoms with Gasteiger partial charge >= 0.3 is 6.16 Å². The SMILES string of the molecule is CCCCCCCCOC(=O)O[Si](C)(C)CC. The quantitative estimate of drug-likeness (QED) is 0.342. The van der Waals surface area contributed by atoms with E-state index in [4.69, 9.17) is 9.16 Å². The molecule has 0 rings (SSSR count). The number of unbranched alkanes of at least 4 members (excludes halogenated alkanes) is 5. The zero-order chi connectivity index (χ0) is 13.1. The van der Waals surface area contributed by atoms with Crippen molar-refractivity contribution in [3.05, 3.63) is 0 Å². The molecule has 0 unspecified atom stereocenters. The van der Waals surface area contributed by atoms with Crippen LogP contribution in [0, 0.1) is 0 Å². The molecule has 0 fully saturated rings. The molecular weight excluding hydrogens is 232 g/mol. The highest BCUT2D eigenvalue weighted by Crippen LogP contribution is 2.11. The summed E-state index contributed by atoms with van der Waals surface area (Å²) in [5, 5.41) is 0. The van der Waals surface area contributed by atoms with E-state index in [0.717, 1.165) is 18.9 Å². The predicted octanol–water partition coefficient (Wildman–Crippen LogP) is 4.73. The third kappa shape index (κ3) is 10.4. The first-order valence-corrected chi connectivity index (χ1v) is 9.99. The van der Waals surface area contributed by atoms with Crippen LogP contribution in [0.3, 0.4) is 0 Å². The van der Waals surface area contributed by atoms with Crippen molar-refractivity contribution in [3.63, 3.8) is 0 Å². The molecule has 3 nitrogen and oxygen atoms in total. The van der Waals surface area contributed by atoms with Gasteiger partial charge in [0.05, 0.1) is 6.61 Å². The summed E-state index contributed by atoms with van der Waals surface area (Å²) in [5.74, 6) is 0. The molecule has 0 atom stereocenters. The average molecular weight is 260 g/mol. The van der Waals surface area contributed by atoms with Gasteiger partial charge in [0, 0.05) is 0 Å². The van der Waals surface area contributed by atoms with E-state index in [2.05, 4.69) is 6.92 Å². The molecule has 0 aliphatic rings. The van der Waals surface area contributed by atoms with Gasteiger partial charge in [0.15, 0.2) is 0 Å². The minimum Gasteiger partial charge on any atom is -0.489 e. The van der Waals surface area contributed by atoms with Crippen molar-refractivity contribution in [1.29, 1.82) is 0 Å². The molecule has 17 heavy (non-hydrogen) atoms. The van der Waals surface area contributed by atoms with E-state index >= 15 is 0 Å². The van der Waals surface area contributed by atoms with Gasteiger partial charge in [-0.25, -0.2) is 4.79 Å². The summed E-state index contributed by atoms with van der Waals surface area (Å²) in [4.78, 5) is 11.3. The standard InChI is InChI=1S/C13H28O3Si/c1-5-7-8-9-10-11-12-15-13(14)16-17(3,4)6-2/h5-12H2,1-4H3. The molecule has 0 aromatic rings. The Bertz CT molecular complexity index is 205. The molecule has 0 saturated carbocycles. The van der Waals surface area contributed by atoms with E-state index in [1.54, 1.807) is 0 Å². The number of rotatable bonds is 9. The second-order valence-electron chi connectivity index (χ2n) is 5.08. The Labute approximate surface area is 107 Å². The molecule has 0 saturated heterocycles. The maximum atomic E-state index is 11.3. The van der Waals surface area contributed by atoms with Crippen molar-refractivity contribution < 1.29 is 14.0 Å². The first-order chi connectivity index (χ1) is 8.02. The summed E-state index contributed by atoms with van der Waals surface area (Å²) in [6, 6.07) is 0.930. The zero-order valence-corrected chi connectivity index (χ0v) is 12.9. The van der Waals surface area contributed by atoms with Gasteiger partial charge in [0.1, 0.15) is 0 Å². The highest BCUT2D eigenvalue weighted by Gasteiger charge is 2.25. The van der Waals surface area contributed by atoms with Crippen LogP contribution in [0.25, 0.3) is 0 Å². The molecule has 102 valence electrons. The molecule has 0 N–H and O–H groups in total. The lowest BCUT2D eigenvalue weighted by Crippen LogP contribution is -2.32. The average Bonchev–Trinajstić information content (AvgIpc) is 2.27. The molecule has 0 aliphatic carbocycles. The van der Waals surface area contributed by atoms with Crippen LogP contribution in [0.2, 0.25) is 19.1 Å². The van der Waals surface area contributed by atoms with Crippen LogP contribution in [-0.2, 0) is 9.16 Å². The molecule has 0 amide bonds. The summed E-state index contributed by atoms with van der Waals surface area (Å²) >= 11 is 0. The van der Waals surface area contributed by atoms with Gasteiger partial charge in [-0.1, -0.05) is 46.0 Å². The second kappa shape index (κ2) is 9.51. The third-order valence-corrected chi connectivity index (χ3v) is 5.35. The fourth-order valence-electron chi connectivity index (χ4n) is 1.37. The Morgan fingerprint density at radius 2 is 1.59 bits per heavy atom. The highest BCUT2D eigenvalue weighted by atomic mass is 28.4. The summed E-state index contributed by atoms with van der Waals surface area (Å²) in [6.07, 6.45) is 6.71. The van der Waals surface area contributed by atoms with E-state index < -0.39 is 14.5 Å². The normalized spacial score (nSPS) is 11.3. The summed E-state index contributed by atoms with van der Waals surface area (Å²) < 4.78 is 10.4. The van der Waals surface area contributed by atoms with Crippen molar-refractivity contribution in [3.8, 4) is 0 Å². The number of hydrogen-bond donors (Lipinski definition) is 0. The molecule has 0 spiro atoms. The molecule has 0 radical (unpaired) electrons. The highest BCUT2D eigenvalue weighted by molar-refractivity contribution is 6.72. The first kappa shape index (κ1) is 16.5. The van der Waals surface area contributed by atoms with Gasteiger partial charge in [-0.3, -0.25) is 0 Å². The Morgan fingerprint density at radius 3 is 2.18 bits per heavy atom. The van der Waals surface area contributed by atoms with Crippen LogP contribution >= 0.6 is 0 Å². The van der Waals surface area contributed by atoms with Crippen LogP contribution in [0.4, 0.5) is 4.79 Å². The van der Waals surface area contributed by atoms with Gasteiger partial charge in [-0.05, 0) is 25.6 Å². The van der Waals surface area contributed by atoms with Gasteiger partial charge in [-0.15, -0.1) is 0 Å². The van der Waals surface area contributed by atoms with Crippen LogP contribution in [0.15, 0.2) is 0 Å². The van der Waals surface area contributed by atoms with Crippen molar-refractivity contribution >= 4 is 14.5 Å². The minimum absolute atomic E-state index is 0.475. The third-order valence-electron chi connectivity index (χ3n) is 2.93.